The van der Waals surface area contributed by atoms with Gasteiger partial charge in [-0.1, -0.05) is 6.07 Å². The van der Waals surface area contributed by atoms with Gasteiger partial charge >= 0.3 is 0 Å². The Hall–Kier alpha value is -0.850. The number of hydrogen-bond acceptors (Lipinski definition) is 5. The molecule has 0 unspecified atom stereocenters. The van der Waals surface area contributed by atoms with Crippen molar-refractivity contribution in [3.8, 4) is 10.6 Å². The summed E-state index contributed by atoms with van der Waals surface area (Å²) < 4.78 is 0. The number of carbonyl (C=O) groups is 1. The molecule has 0 spiro atoms. The molecule has 1 N–H and O–H groups in total. The van der Waals surface area contributed by atoms with Crippen molar-refractivity contribution in [3.05, 3.63) is 22.9 Å². The van der Waals surface area contributed by atoms with Crippen molar-refractivity contribution in [2.45, 2.75) is 0 Å². The Morgan fingerprint density at radius 1 is 1.56 bits per heavy atom. The van der Waals surface area contributed by atoms with E-state index in [1.54, 1.807) is 11.3 Å². The third-order valence-electron chi connectivity index (χ3n) is 1.80. The molecule has 2 aromatic heterocycles. The van der Waals surface area contributed by atoms with E-state index in [1.165, 1.54) is 23.1 Å². The SMILES string of the molecule is CSCC(=O)Nc1nc(-c2cccs2)cs1. The molecule has 0 bridgehead atoms. The number of thioether (sulfide) groups is 1. The van der Waals surface area contributed by atoms with E-state index < -0.39 is 0 Å². The highest BCUT2D eigenvalue weighted by Gasteiger charge is 2.07. The molecule has 3 nitrogen and oxygen atoms in total. The van der Waals surface area contributed by atoms with Crippen LogP contribution in [0.2, 0.25) is 0 Å². The van der Waals surface area contributed by atoms with Crippen molar-refractivity contribution < 1.29 is 4.79 Å². The third-order valence-corrected chi connectivity index (χ3v) is 4.00. The van der Waals surface area contributed by atoms with Gasteiger partial charge < -0.3 is 5.32 Å². The number of nitrogens with one attached hydrogen (secondary N) is 1. The van der Waals surface area contributed by atoms with Gasteiger partial charge in [-0.3, -0.25) is 4.79 Å². The number of thiophene rings is 1. The number of thiazole rings is 1. The lowest BCUT2D eigenvalue weighted by molar-refractivity contribution is -0.113. The fourth-order valence-electron chi connectivity index (χ4n) is 1.16. The first kappa shape index (κ1) is 11.6. The molecule has 84 valence electrons. The third kappa shape index (κ3) is 2.84. The van der Waals surface area contributed by atoms with Crippen LogP contribution in [0.3, 0.4) is 0 Å². The van der Waals surface area contributed by atoms with Crippen LogP contribution < -0.4 is 5.32 Å². The van der Waals surface area contributed by atoms with Gasteiger partial charge in [-0.25, -0.2) is 4.98 Å². The van der Waals surface area contributed by atoms with E-state index in [9.17, 15) is 4.79 Å². The first-order valence-corrected chi connectivity index (χ1v) is 7.73. The van der Waals surface area contributed by atoms with Crippen molar-refractivity contribution in [1.82, 2.24) is 4.98 Å². The summed E-state index contributed by atoms with van der Waals surface area (Å²) in [5, 5.41) is 7.42. The number of carbonyl (C=O) groups excluding carboxylic acids is 1. The van der Waals surface area contributed by atoms with Gasteiger partial charge in [0.05, 0.1) is 16.3 Å². The normalized spacial score (nSPS) is 10.3. The standard InChI is InChI=1S/C10H10N2OS3/c1-14-6-9(13)12-10-11-7(5-16-10)8-3-2-4-15-8/h2-5H,6H2,1H3,(H,11,12,13). The number of anilines is 1. The molecule has 0 fully saturated rings. The Balaban J connectivity index is 2.06. The molecule has 0 aliphatic heterocycles. The Kier molecular flexibility index (Phi) is 3.98. The van der Waals surface area contributed by atoms with Gasteiger partial charge in [0.1, 0.15) is 0 Å². The predicted molar refractivity (Wildman–Crippen MR) is 72.4 cm³/mol. The fraction of sp³-hybridized carbons (Fsp3) is 0.200. The number of amides is 1. The molecule has 0 atom stereocenters. The van der Waals surface area contributed by atoms with Gasteiger partial charge in [0.2, 0.25) is 5.91 Å². The Morgan fingerprint density at radius 2 is 2.44 bits per heavy atom. The van der Waals surface area contributed by atoms with Crippen molar-refractivity contribution in [3.63, 3.8) is 0 Å². The van der Waals surface area contributed by atoms with Crippen LogP contribution in [0, 0.1) is 0 Å². The summed E-state index contributed by atoms with van der Waals surface area (Å²) in [6.07, 6.45) is 1.90. The fourth-order valence-corrected chi connectivity index (χ4v) is 2.98. The summed E-state index contributed by atoms with van der Waals surface area (Å²) in [4.78, 5) is 16.8. The predicted octanol–water partition coefficient (Wildman–Crippen LogP) is 3.17. The molecule has 0 saturated heterocycles. The average Bonchev–Trinajstić information content (AvgIpc) is 2.86. The Bertz CT molecular complexity index is 464. The lowest BCUT2D eigenvalue weighted by atomic mass is 10.4. The molecular weight excluding hydrogens is 260 g/mol. The topological polar surface area (TPSA) is 42.0 Å². The van der Waals surface area contributed by atoms with Crippen LogP contribution in [-0.4, -0.2) is 22.9 Å². The van der Waals surface area contributed by atoms with E-state index in [0.717, 1.165) is 10.6 Å². The Morgan fingerprint density at radius 3 is 3.12 bits per heavy atom. The van der Waals surface area contributed by atoms with Crippen LogP contribution in [-0.2, 0) is 4.79 Å². The molecule has 0 aliphatic carbocycles. The summed E-state index contributed by atoms with van der Waals surface area (Å²) in [7, 11) is 0. The molecule has 1 amide bonds. The van der Waals surface area contributed by atoms with E-state index in [0.29, 0.717) is 10.9 Å². The highest BCUT2D eigenvalue weighted by atomic mass is 32.2. The first-order chi connectivity index (χ1) is 7.79. The molecule has 0 radical (unpaired) electrons. The zero-order valence-electron chi connectivity index (χ0n) is 8.60. The smallest absolute Gasteiger partial charge is 0.236 e. The lowest BCUT2D eigenvalue weighted by Gasteiger charge is -1.97. The van der Waals surface area contributed by atoms with Gasteiger partial charge in [0.15, 0.2) is 5.13 Å². The Labute approximate surface area is 106 Å². The summed E-state index contributed by atoms with van der Waals surface area (Å²) in [6.45, 7) is 0. The monoisotopic (exact) mass is 270 g/mol. The quantitative estimate of drug-likeness (QED) is 0.928. The molecule has 0 saturated carbocycles. The summed E-state index contributed by atoms with van der Waals surface area (Å²) in [5.41, 5.74) is 0.930. The van der Waals surface area contributed by atoms with Gasteiger partial charge in [-0.05, 0) is 17.7 Å². The van der Waals surface area contributed by atoms with Gasteiger partial charge in [-0.15, -0.1) is 22.7 Å². The lowest BCUT2D eigenvalue weighted by Crippen LogP contribution is -2.13. The number of nitrogens with zero attached hydrogens (tertiary/aromatic N) is 1. The van der Waals surface area contributed by atoms with E-state index in [-0.39, 0.29) is 5.91 Å². The van der Waals surface area contributed by atoms with Crippen molar-refractivity contribution in [2.75, 3.05) is 17.3 Å². The maximum absolute atomic E-state index is 11.3. The zero-order valence-corrected chi connectivity index (χ0v) is 11.0. The maximum atomic E-state index is 11.3. The second-order valence-corrected chi connectivity index (χ2v) is 5.67. The summed E-state index contributed by atoms with van der Waals surface area (Å²) in [5.74, 6) is 0.466. The van der Waals surface area contributed by atoms with Crippen LogP contribution >= 0.6 is 34.4 Å². The van der Waals surface area contributed by atoms with Gasteiger partial charge in [0.25, 0.3) is 0 Å². The summed E-state index contributed by atoms with van der Waals surface area (Å²) >= 11 is 4.60. The van der Waals surface area contributed by atoms with Crippen molar-refractivity contribution in [1.29, 1.82) is 0 Å². The summed E-state index contributed by atoms with van der Waals surface area (Å²) in [6, 6.07) is 4.01. The van der Waals surface area contributed by atoms with E-state index in [2.05, 4.69) is 10.3 Å². The van der Waals surface area contributed by atoms with E-state index in [1.807, 2.05) is 29.1 Å². The van der Waals surface area contributed by atoms with E-state index in [4.69, 9.17) is 0 Å². The molecule has 16 heavy (non-hydrogen) atoms. The molecular formula is C10H10N2OS3. The molecule has 2 aromatic rings. The minimum atomic E-state index is -0.000389. The van der Waals surface area contributed by atoms with Crippen LogP contribution in [0.1, 0.15) is 0 Å². The molecule has 2 heterocycles. The van der Waals surface area contributed by atoms with Crippen molar-refractivity contribution in [2.24, 2.45) is 0 Å². The second-order valence-electron chi connectivity index (χ2n) is 3.00. The van der Waals surface area contributed by atoms with Gasteiger partial charge in [0, 0.05) is 5.38 Å². The molecule has 2 rings (SSSR count). The number of hydrogen-bond donors (Lipinski definition) is 1. The molecule has 6 heteroatoms. The van der Waals surface area contributed by atoms with Gasteiger partial charge in [-0.2, -0.15) is 11.8 Å². The first-order valence-electron chi connectivity index (χ1n) is 4.58. The minimum absolute atomic E-state index is 0.000389. The highest BCUT2D eigenvalue weighted by molar-refractivity contribution is 7.99. The highest BCUT2D eigenvalue weighted by Crippen LogP contribution is 2.28. The van der Waals surface area contributed by atoms with Crippen LogP contribution in [0.5, 0.6) is 0 Å². The maximum Gasteiger partial charge on any atom is 0.236 e. The van der Waals surface area contributed by atoms with E-state index >= 15 is 0 Å². The van der Waals surface area contributed by atoms with Crippen molar-refractivity contribution >= 4 is 45.5 Å². The van der Waals surface area contributed by atoms with Crippen LogP contribution in [0.25, 0.3) is 10.6 Å². The molecule has 0 aliphatic rings. The second kappa shape index (κ2) is 5.47. The largest absolute Gasteiger partial charge is 0.301 e. The van der Waals surface area contributed by atoms with Crippen LogP contribution in [0.15, 0.2) is 22.9 Å². The molecule has 0 aromatic carbocycles. The zero-order chi connectivity index (χ0) is 11.4. The van der Waals surface area contributed by atoms with Crippen LogP contribution in [0.4, 0.5) is 5.13 Å². The number of aromatic nitrogens is 1. The number of rotatable bonds is 4. The minimum Gasteiger partial charge on any atom is -0.301 e. The average molecular weight is 270 g/mol.